The number of rotatable bonds is 4. The van der Waals surface area contributed by atoms with E-state index >= 15 is 0 Å². The summed E-state index contributed by atoms with van der Waals surface area (Å²) in [6.07, 6.45) is 1.02. The third kappa shape index (κ3) is 8.04. The van der Waals surface area contributed by atoms with Crippen molar-refractivity contribution in [2.75, 3.05) is 14.2 Å². The van der Waals surface area contributed by atoms with Gasteiger partial charge < -0.3 is 9.47 Å². The van der Waals surface area contributed by atoms with Crippen molar-refractivity contribution in [3.05, 3.63) is 0 Å². The van der Waals surface area contributed by atoms with Crippen LogP contribution in [-0.2, 0) is 19.1 Å². The van der Waals surface area contributed by atoms with Crippen LogP contribution in [0.5, 0.6) is 0 Å². The third-order valence-corrected chi connectivity index (χ3v) is 1.22. The number of carbonyl (C=O) groups excluding carboxylic acids is 2. The zero-order valence-corrected chi connectivity index (χ0v) is 9.75. The second kappa shape index (κ2) is 9.03. The molecule has 0 rings (SSSR count). The molecular formula is C7H12NaO4. The molecule has 0 aliphatic rings. The standard InChI is InChI=1S/C7H12O4.Na/c1-10-6(8)4-3-5-7(9)11-2;/h3-5H2,1-2H3;. The van der Waals surface area contributed by atoms with Crippen LogP contribution in [0.25, 0.3) is 0 Å². The minimum absolute atomic E-state index is 0. The Kier molecular flexibility index (Phi) is 10.9. The van der Waals surface area contributed by atoms with Gasteiger partial charge in [-0.05, 0) is 6.42 Å². The fraction of sp³-hybridized carbons (Fsp3) is 0.714. The van der Waals surface area contributed by atoms with Crippen molar-refractivity contribution in [2.45, 2.75) is 19.3 Å². The van der Waals surface area contributed by atoms with Crippen molar-refractivity contribution in [1.29, 1.82) is 0 Å². The van der Waals surface area contributed by atoms with E-state index in [9.17, 15) is 9.59 Å². The Labute approximate surface area is 93.9 Å². The first kappa shape index (κ1) is 14.5. The molecule has 0 N–H and O–H groups in total. The summed E-state index contributed by atoms with van der Waals surface area (Å²) in [6, 6.07) is 0. The number of hydrogen-bond donors (Lipinski definition) is 0. The minimum Gasteiger partial charge on any atom is -0.469 e. The summed E-state index contributed by atoms with van der Waals surface area (Å²) in [4.78, 5) is 21.0. The number of hydrogen-bond acceptors (Lipinski definition) is 4. The molecule has 0 saturated heterocycles. The van der Waals surface area contributed by atoms with Crippen LogP contribution in [0.15, 0.2) is 0 Å². The Bertz CT molecular complexity index is 130. The minimum atomic E-state index is -0.297. The van der Waals surface area contributed by atoms with Gasteiger partial charge in [-0.3, -0.25) is 9.59 Å². The van der Waals surface area contributed by atoms with E-state index in [0.717, 1.165) is 0 Å². The second-order valence-electron chi connectivity index (χ2n) is 2.01. The monoisotopic (exact) mass is 183 g/mol. The first-order valence-corrected chi connectivity index (χ1v) is 3.34. The zero-order chi connectivity index (χ0) is 8.69. The Morgan fingerprint density at radius 1 is 1.00 bits per heavy atom. The van der Waals surface area contributed by atoms with Crippen molar-refractivity contribution in [1.82, 2.24) is 0 Å². The van der Waals surface area contributed by atoms with E-state index in [4.69, 9.17) is 0 Å². The average molecular weight is 183 g/mol. The predicted octanol–water partition coefficient (Wildman–Crippen LogP) is 0.122. The van der Waals surface area contributed by atoms with Gasteiger partial charge in [-0.2, -0.15) is 0 Å². The summed E-state index contributed by atoms with van der Waals surface area (Å²) >= 11 is 0. The molecular weight excluding hydrogens is 171 g/mol. The van der Waals surface area contributed by atoms with Gasteiger partial charge in [0.05, 0.1) is 14.2 Å². The maximum Gasteiger partial charge on any atom is 0.305 e. The quantitative estimate of drug-likeness (QED) is 0.459. The van der Waals surface area contributed by atoms with Crippen molar-refractivity contribution in [3.63, 3.8) is 0 Å². The smallest absolute Gasteiger partial charge is 0.305 e. The Morgan fingerprint density at radius 3 is 1.58 bits per heavy atom. The van der Waals surface area contributed by atoms with Crippen molar-refractivity contribution >= 4 is 41.5 Å². The van der Waals surface area contributed by atoms with Gasteiger partial charge in [-0.25, -0.2) is 0 Å². The maximum absolute atomic E-state index is 10.5. The molecule has 0 aliphatic carbocycles. The van der Waals surface area contributed by atoms with Gasteiger partial charge in [-0.1, -0.05) is 0 Å². The van der Waals surface area contributed by atoms with Crippen LogP contribution in [0, 0.1) is 0 Å². The van der Waals surface area contributed by atoms with E-state index < -0.39 is 0 Å². The van der Waals surface area contributed by atoms with Crippen LogP contribution >= 0.6 is 0 Å². The summed E-state index contributed by atoms with van der Waals surface area (Å²) in [5.41, 5.74) is 0. The van der Waals surface area contributed by atoms with Gasteiger partial charge in [0.1, 0.15) is 0 Å². The van der Waals surface area contributed by atoms with Crippen molar-refractivity contribution in [2.24, 2.45) is 0 Å². The van der Waals surface area contributed by atoms with Crippen LogP contribution in [0.2, 0.25) is 0 Å². The Hall–Kier alpha value is -0.0600. The third-order valence-electron chi connectivity index (χ3n) is 1.22. The molecule has 0 atom stereocenters. The van der Waals surface area contributed by atoms with E-state index in [1.165, 1.54) is 14.2 Å². The van der Waals surface area contributed by atoms with Crippen LogP contribution in [0.3, 0.4) is 0 Å². The summed E-state index contributed by atoms with van der Waals surface area (Å²) in [7, 11) is 2.64. The molecule has 4 nitrogen and oxygen atoms in total. The summed E-state index contributed by atoms with van der Waals surface area (Å²) in [5.74, 6) is -0.595. The van der Waals surface area contributed by atoms with E-state index in [1.807, 2.05) is 0 Å². The van der Waals surface area contributed by atoms with Gasteiger partial charge in [0.2, 0.25) is 0 Å². The van der Waals surface area contributed by atoms with Gasteiger partial charge in [0.25, 0.3) is 0 Å². The van der Waals surface area contributed by atoms with Crippen molar-refractivity contribution < 1.29 is 19.1 Å². The molecule has 0 spiro atoms. The molecule has 5 heteroatoms. The molecule has 0 heterocycles. The molecule has 0 aliphatic heterocycles. The fourth-order valence-corrected chi connectivity index (χ4v) is 0.581. The van der Waals surface area contributed by atoms with Gasteiger partial charge >= 0.3 is 11.9 Å². The SMILES string of the molecule is COC(=O)CCCC(=O)OC.[Na]. The number of esters is 2. The maximum atomic E-state index is 10.5. The fourth-order valence-electron chi connectivity index (χ4n) is 0.581. The molecule has 0 aromatic rings. The first-order valence-electron chi connectivity index (χ1n) is 3.34. The Balaban J connectivity index is 0. The first-order chi connectivity index (χ1) is 5.20. The molecule has 0 aromatic carbocycles. The Morgan fingerprint density at radius 2 is 1.33 bits per heavy atom. The molecule has 1 radical (unpaired) electrons. The van der Waals surface area contributed by atoms with Gasteiger partial charge in [0.15, 0.2) is 0 Å². The summed E-state index contributed by atoms with van der Waals surface area (Å²) < 4.78 is 8.75. The largest absolute Gasteiger partial charge is 0.469 e. The van der Waals surface area contributed by atoms with Gasteiger partial charge in [-0.15, -0.1) is 0 Å². The zero-order valence-electron chi connectivity index (χ0n) is 7.75. The molecule has 0 amide bonds. The van der Waals surface area contributed by atoms with Crippen LogP contribution in [-0.4, -0.2) is 55.7 Å². The molecule has 0 saturated carbocycles. The van der Waals surface area contributed by atoms with Crippen LogP contribution in [0.4, 0.5) is 0 Å². The molecule has 65 valence electrons. The van der Waals surface area contributed by atoms with E-state index in [0.29, 0.717) is 6.42 Å². The molecule has 0 fully saturated rings. The van der Waals surface area contributed by atoms with E-state index in [2.05, 4.69) is 9.47 Å². The normalized spacial score (nSPS) is 8.17. The molecule has 12 heavy (non-hydrogen) atoms. The number of methoxy groups -OCH3 is 2. The second-order valence-corrected chi connectivity index (χ2v) is 2.01. The molecule has 0 bridgehead atoms. The van der Waals surface area contributed by atoms with Crippen molar-refractivity contribution in [3.8, 4) is 0 Å². The topological polar surface area (TPSA) is 52.6 Å². The number of ether oxygens (including phenoxy) is 2. The van der Waals surface area contributed by atoms with Crippen LogP contribution < -0.4 is 0 Å². The van der Waals surface area contributed by atoms with Gasteiger partial charge in [0, 0.05) is 42.4 Å². The van der Waals surface area contributed by atoms with E-state index in [-0.39, 0.29) is 54.3 Å². The summed E-state index contributed by atoms with van der Waals surface area (Å²) in [5, 5.41) is 0. The number of carbonyl (C=O) groups is 2. The molecule has 0 aromatic heterocycles. The van der Waals surface area contributed by atoms with Crippen LogP contribution in [0.1, 0.15) is 19.3 Å². The average Bonchev–Trinajstić information content (AvgIpc) is 2.04. The predicted molar refractivity (Wildman–Crippen MR) is 43.6 cm³/mol. The molecule has 0 unspecified atom stereocenters. The summed E-state index contributed by atoms with van der Waals surface area (Å²) in [6.45, 7) is 0. The van der Waals surface area contributed by atoms with E-state index in [1.54, 1.807) is 0 Å².